The van der Waals surface area contributed by atoms with Gasteiger partial charge in [-0.25, -0.2) is 0 Å². The minimum absolute atomic E-state index is 0.179. The molecule has 4 nitrogen and oxygen atoms in total. The monoisotopic (exact) mass is 280 g/mol. The lowest BCUT2D eigenvalue weighted by Crippen LogP contribution is -2.41. The van der Waals surface area contributed by atoms with E-state index >= 15 is 0 Å². The number of hydrogen-bond acceptors (Lipinski definition) is 2. The average Bonchev–Trinajstić information content (AvgIpc) is 2.41. The van der Waals surface area contributed by atoms with Gasteiger partial charge < -0.3 is 10.2 Å². The summed E-state index contributed by atoms with van der Waals surface area (Å²) in [5.41, 5.74) is 0.467. The van der Waals surface area contributed by atoms with Crippen LogP contribution >= 0.6 is 11.6 Å². The SMILES string of the molecule is O=C(NCCN1CCCCC1=O)c1ccccc1Cl. The Hall–Kier alpha value is -1.55. The Kier molecular flexibility index (Phi) is 4.80. The van der Waals surface area contributed by atoms with Crippen molar-refractivity contribution in [2.75, 3.05) is 19.6 Å². The van der Waals surface area contributed by atoms with Crippen molar-refractivity contribution in [1.29, 1.82) is 0 Å². The van der Waals surface area contributed by atoms with E-state index in [0.717, 1.165) is 19.4 Å². The Balaban J connectivity index is 1.81. The molecule has 0 atom stereocenters. The fourth-order valence-corrected chi connectivity index (χ4v) is 2.36. The fourth-order valence-electron chi connectivity index (χ4n) is 2.14. The van der Waals surface area contributed by atoms with Gasteiger partial charge >= 0.3 is 0 Å². The van der Waals surface area contributed by atoms with Crippen LogP contribution in [0.3, 0.4) is 0 Å². The average molecular weight is 281 g/mol. The van der Waals surface area contributed by atoms with Gasteiger partial charge in [-0.3, -0.25) is 9.59 Å². The van der Waals surface area contributed by atoms with Gasteiger partial charge in [0.2, 0.25) is 5.91 Å². The van der Waals surface area contributed by atoms with Gasteiger partial charge in [-0.1, -0.05) is 23.7 Å². The first-order chi connectivity index (χ1) is 9.18. The largest absolute Gasteiger partial charge is 0.350 e. The van der Waals surface area contributed by atoms with Crippen LogP contribution < -0.4 is 5.32 Å². The van der Waals surface area contributed by atoms with Crippen LogP contribution in [0.25, 0.3) is 0 Å². The summed E-state index contributed by atoms with van der Waals surface area (Å²) in [6.45, 7) is 1.81. The molecule has 0 saturated carbocycles. The number of rotatable bonds is 4. The third kappa shape index (κ3) is 3.70. The number of carbonyl (C=O) groups is 2. The Morgan fingerprint density at radius 2 is 2.11 bits per heavy atom. The maximum atomic E-state index is 11.9. The van der Waals surface area contributed by atoms with Crippen molar-refractivity contribution >= 4 is 23.4 Å². The lowest BCUT2D eigenvalue weighted by atomic mass is 10.1. The minimum Gasteiger partial charge on any atom is -0.350 e. The van der Waals surface area contributed by atoms with Crippen LogP contribution in [0.4, 0.5) is 0 Å². The molecule has 2 amide bonds. The molecule has 2 rings (SSSR count). The van der Waals surface area contributed by atoms with E-state index < -0.39 is 0 Å². The van der Waals surface area contributed by atoms with Gasteiger partial charge in [0.15, 0.2) is 0 Å². The van der Waals surface area contributed by atoms with E-state index in [4.69, 9.17) is 11.6 Å². The highest BCUT2D eigenvalue weighted by Crippen LogP contribution is 2.14. The number of piperidine rings is 1. The van der Waals surface area contributed by atoms with E-state index in [2.05, 4.69) is 5.32 Å². The first-order valence-corrected chi connectivity index (χ1v) is 6.87. The van der Waals surface area contributed by atoms with Crippen molar-refractivity contribution in [3.8, 4) is 0 Å². The maximum absolute atomic E-state index is 11.9. The van der Waals surface area contributed by atoms with Crippen LogP contribution in [0, 0.1) is 0 Å². The second kappa shape index (κ2) is 6.57. The molecule has 5 heteroatoms. The number of benzene rings is 1. The Bertz CT molecular complexity index is 476. The molecule has 1 aliphatic rings. The standard InChI is InChI=1S/C14H17ClN2O2/c15-12-6-2-1-5-11(12)14(19)16-8-10-17-9-4-3-7-13(17)18/h1-2,5-6H,3-4,7-10H2,(H,16,19). The molecule has 19 heavy (non-hydrogen) atoms. The van der Waals surface area contributed by atoms with E-state index in [-0.39, 0.29) is 11.8 Å². The number of carbonyl (C=O) groups excluding carboxylic acids is 2. The van der Waals surface area contributed by atoms with Crippen LogP contribution in [0.2, 0.25) is 5.02 Å². The van der Waals surface area contributed by atoms with E-state index in [0.29, 0.717) is 30.1 Å². The van der Waals surface area contributed by atoms with Crippen molar-refractivity contribution in [3.63, 3.8) is 0 Å². The van der Waals surface area contributed by atoms with Gasteiger partial charge in [0.1, 0.15) is 0 Å². The summed E-state index contributed by atoms with van der Waals surface area (Å²) in [5.74, 6) is -0.0201. The zero-order valence-electron chi connectivity index (χ0n) is 10.7. The van der Waals surface area contributed by atoms with E-state index in [1.165, 1.54) is 0 Å². The van der Waals surface area contributed by atoms with E-state index in [1.807, 2.05) is 0 Å². The predicted octanol–water partition coefficient (Wildman–Crippen LogP) is 2.08. The highest BCUT2D eigenvalue weighted by Gasteiger charge is 2.17. The first kappa shape index (κ1) is 13.9. The summed E-state index contributed by atoms with van der Waals surface area (Å²) in [5, 5.41) is 3.23. The predicted molar refractivity (Wildman–Crippen MR) is 74.2 cm³/mol. The molecule has 1 saturated heterocycles. The molecule has 1 fully saturated rings. The zero-order chi connectivity index (χ0) is 13.7. The van der Waals surface area contributed by atoms with Gasteiger partial charge in [-0.15, -0.1) is 0 Å². The highest BCUT2D eigenvalue weighted by molar-refractivity contribution is 6.33. The van der Waals surface area contributed by atoms with Crippen molar-refractivity contribution in [2.45, 2.75) is 19.3 Å². The number of halogens is 1. The summed E-state index contributed by atoms with van der Waals surface area (Å²) >= 11 is 5.94. The summed E-state index contributed by atoms with van der Waals surface area (Å²) in [7, 11) is 0. The smallest absolute Gasteiger partial charge is 0.252 e. The molecule has 1 aromatic rings. The third-order valence-corrected chi connectivity index (χ3v) is 3.54. The second-order valence-corrected chi connectivity index (χ2v) is 4.98. The van der Waals surface area contributed by atoms with Gasteiger partial charge in [0.05, 0.1) is 10.6 Å². The number of amides is 2. The fraction of sp³-hybridized carbons (Fsp3) is 0.429. The van der Waals surface area contributed by atoms with Crippen molar-refractivity contribution < 1.29 is 9.59 Å². The highest BCUT2D eigenvalue weighted by atomic mass is 35.5. The topological polar surface area (TPSA) is 49.4 Å². The van der Waals surface area contributed by atoms with Gasteiger partial charge in [0, 0.05) is 26.1 Å². The number of hydrogen-bond donors (Lipinski definition) is 1. The van der Waals surface area contributed by atoms with Gasteiger partial charge in [-0.2, -0.15) is 0 Å². The van der Waals surface area contributed by atoms with Crippen molar-refractivity contribution in [2.24, 2.45) is 0 Å². The molecular weight excluding hydrogens is 264 g/mol. The summed E-state index contributed by atoms with van der Waals surface area (Å²) in [6.07, 6.45) is 2.64. The van der Waals surface area contributed by atoms with Gasteiger partial charge in [0.25, 0.3) is 5.91 Å². The summed E-state index contributed by atoms with van der Waals surface area (Å²) in [4.78, 5) is 25.3. The molecule has 0 unspecified atom stereocenters. The lowest BCUT2D eigenvalue weighted by Gasteiger charge is -2.26. The third-order valence-electron chi connectivity index (χ3n) is 3.21. The van der Waals surface area contributed by atoms with Crippen molar-refractivity contribution in [3.05, 3.63) is 34.9 Å². The van der Waals surface area contributed by atoms with Crippen LogP contribution in [0.15, 0.2) is 24.3 Å². The molecule has 102 valence electrons. The Labute approximate surface area is 117 Å². The number of nitrogens with zero attached hydrogens (tertiary/aromatic N) is 1. The molecule has 0 spiro atoms. The second-order valence-electron chi connectivity index (χ2n) is 4.57. The quantitative estimate of drug-likeness (QED) is 0.918. The van der Waals surface area contributed by atoms with Crippen LogP contribution in [-0.4, -0.2) is 36.3 Å². The zero-order valence-corrected chi connectivity index (χ0v) is 11.4. The summed E-state index contributed by atoms with van der Waals surface area (Å²) in [6, 6.07) is 6.93. The molecule has 1 heterocycles. The van der Waals surface area contributed by atoms with Gasteiger partial charge in [-0.05, 0) is 25.0 Å². The van der Waals surface area contributed by atoms with Crippen LogP contribution in [-0.2, 0) is 4.79 Å². The summed E-state index contributed by atoms with van der Waals surface area (Å²) < 4.78 is 0. The molecule has 0 aromatic heterocycles. The van der Waals surface area contributed by atoms with Crippen molar-refractivity contribution in [1.82, 2.24) is 10.2 Å². The Morgan fingerprint density at radius 3 is 2.84 bits per heavy atom. The molecular formula is C14H17ClN2O2. The molecule has 0 radical (unpaired) electrons. The van der Waals surface area contributed by atoms with E-state index in [9.17, 15) is 9.59 Å². The molecule has 1 aliphatic heterocycles. The van der Waals surface area contributed by atoms with Crippen LogP contribution in [0.5, 0.6) is 0 Å². The lowest BCUT2D eigenvalue weighted by molar-refractivity contribution is -0.133. The minimum atomic E-state index is -0.199. The molecule has 1 aromatic carbocycles. The molecule has 1 N–H and O–H groups in total. The first-order valence-electron chi connectivity index (χ1n) is 6.49. The van der Waals surface area contributed by atoms with Crippen LogP contribution in [0.1, 0.15) is 29.6 Å². The number of nitrogens with one attached hydrogen (secondary N) is 1. The molecule has 0 aliphatic carbocycles. The normalized spacial score (nSPS) is 15.4. The molecule has 0 bridgehead atoms. The Morgan fingerprint density at radius 1 is 1.32 bits per heavy atom. The maximum Gasteiger partial charge on any atom is 0.252 e. The van der Waals surface area contributed by atoms with E-state index in [1.54, 1.807) is 29.2 Å². The number of likely N-dealkylation sites (tertiary alicyclic amines) is 1.